The Bertz CT molecular complexity index is 723. The molecule has 3 fully saturated rings. The van der Waals surface area contributed by atoms with Gasteiger partial charge in [0.2, 0.25) is 0 Å². The van der Waals surface area contributed by atoms with E-state index in [4.69, 9.17) is 0 Å². The van der Waals surface area contributed by atoms with Crippen LogP contribution in [0.1, 0.15) is 91.9 Å². The number of hydrogen-bond acceptors (Lipinski definition) is 3. The average molecular weight is 415 g/mol. The van der Waals surface area contributed by atoms with E-state index in [0.717, 1.165) is 25.7 Å². The van der Waals surface area contributed by atoms with Crippen molar-refractivity contribution < 1.29 is 15.0 Å². The van der Waals surface area contributed by atoms with Gasteiger partial charge in [-0.3, -0.25) is 4.79 Å². The monoisotopic (exact) mass is 414 g/mol. The molecule has 0 heterocycles. The Balaban J connectivity index is 1.70. The molecule has 1 unspecified atom stereocenters. The minimum atomic E-state index is -1.22. The lowest BCUT2D eigenvalue weighted by Gasteiger charge is -2.44. The normalized spacial score (nSPS) is 36.2. The van der Waals surface area contributed by atoms with Gasteiger partial charge in [-0.15, -0.1) is 0 Å². The number of allylic oxidation sites excluding steroid dienone is 4. The van der Waals surface area contributed by atoms with Crippen LogP contribution in [0.5, 0.6) is 0 Å². The van der Waals surface area contributed by atoms with E-state index in [9.17, 15) is 15.0 Å². The summed E-state index contributed by atoms with van der Waals surface area (Å²) in [6.45, 7) is 12.2. The van der Waals surface area contributed by atoms with Crippen molar-refractivity contribution in [3.8, 4) is 0 Å². The molecule has 0 aromatic carbocycles. The molecule has 0 amide bonds. The molecule has 0 aliphatic heterocycles. The second kappa shape index (κ2) is 9.12. The molecule has 0 radical (unpaired) electrons. The quantitative estimate of drug-likeness (QED) is 0.568. The van der Waals surface area contributed by atoms with Gasteiger partial charge < -0.3 is 10.2 Å². The number of fused-ring (bicyclic) bond motifs is 1. The number of aliphatic hydroxyl groups excluding tert-OH is 1. The maximum atomic E-state index is 12.2. The minimum absolute atomic E-state index is 0.0418. The lowest BCUT2D eigenvalue weighted by atomic mass is 9.60. The zero-order valence-electron chi connectivity index (χ0n) is 19.5. The Hall–Kier alpha value is -1.19. The van der Waals surface area contributed by atoms with Crippen LogP contribution < -0.4 is 0 Å². The fraction of sp³-hybridized carbons (Fsp3) is 0.741. The van der Waals surface area contributed by atoms with Crippen LogP contribution >= 0.6 is 0 Å². The van der Waals surface area contributed by atoms with E-state index in [2.05, 4.69) is 32.6 Å². The van der Waals surface area contributed by atoms with Crippen LogP contribution in [0, 0.1) is 23.2 Å². The highest BCUT2D eigenvalue weighted by Crippen LogP contribution is 2.59. The summed E-state index contributed by atoms with van der Waals surface area (Å²) >= 11 is 0. The van der Waals surface area contributed by atoms with Crippen LogP contribution in [0.3, 0.4) is 0 Å². The third-order valence-corrected chi connectivity index (χ3v) is 8.42. The van der Waals surface area contributed by atoms with Crippen molar-refractivity contribution >= 4 is 5.78 Å². The Kier molecular flexibility index (Phi) is 7.14. The van der Waals surface area contributed by atoms with Crippen LogP contribution in [0.4, 0.5) is 0 Å². The maximum Gasteiger partial charge on any atom is 0.163 e. The summed E-state index contributed by atoms with van der Waals surface area (Å²) in [6.07, 6.45) is 14.3. The Labute approximate surface area is 183 Å². The van der Waals surface area contributed by atoms with Gasteiger partial charge in [0.05, 0.1) is 6.10 Å². The molecule has 0 spiro atoms. The average Bonchev–Trinajstić information content (AvgIpc) is 3.03. The summed E-state index contributed by atoms with van der Waals surface area (Å²) in [5, 5.41) is 20.0. The fourth-order valence-corrected chi connectivity index (χ4v) is 6.48. The molecule has 3 rings (SSSR count). The largest absolute Gasteiger partial charge is 0.393 e. The van der Waals surface area contributed by atoms with Gasteiger partial charge in [0, 0.05) is 6.42 Å². The van der Waals surface area contributed by atoms with Crippen molar-refractivity contribution in [1.29, 1.82) is 0 Å². The van der Waals surface area contributed by atoms with Crippen molar-refractivity contribution in [3.05, 3.63) is 35.5 Å². The van der Waals surface area contributed by atoms with Gasteiger partial charge >= 0.3 is 0 Å². The summed E-state index contributed by atoms with van der Waals surface area (Å²) in [7, 11) is 0. The smallest absolute Gasteiger partial charge is 0.163 e. The van der Waals surface area contributed by atoms with Gasteiger partial charge in [0.25, 0.3) is 0 Å². The molecule has 0 saturated heterocycles. The van der Waals surface area contributed by atoms with Crippen molar-refractivity contribution in [2.75, 3.05) is 0 Å². The topological polar surface area (TPSA) is 57.5 Å². The van der Waals surface area contributed by atoms with Gasteiger partial charge in [0.15, 0.2) is 5.78 Å². The van der Waals surface area contributed by atoms with Gasteiger partial charge in [-0.1, -0.05) is 43.7 Å². The lowest BCUT2D eigenvalue weighted by molar-refractivity contribution is -0.134. The van der Waals surface area contributed by atoms with Crippen molar-refractivity contribution in [3.63, 3.8) is 0 Å². The van der Waals surface area contributed by atoms with E-state index < -0.39 is 5.60 Å². The zero-order valence-corrected chi connectivity index (χ0v) is 19.5. The first-order valence-corrected chi connectivity index (χ1v) is 12.0. The summed E-state index contributed by atoms with van der Waals surface area (Å²) in [6, 6.07) is 0. The number of rotatable bonds is 6. The second-order valence-electron chi connectivity index (χ2n) is 11.0. The summed E-state index contributed by atoms with van der Waals surface area (Å²) < 4.78 is 0. The molecule has 30 heavy (non-hydrogen) atoms. The summed E-state index contributed by atoms with van der Waals surface area (Å²) in [5.41, 5.74) is 3.08. The molecule has 2 N–H and O–H groups in total. The number of carbonyl (C=O) groups excluding carboxylic acids is 1. The first kappa shape index (κ1) is 23.5. The van der Waals surface area contributed by atoms with E-state index in [-0.39, 0.29) is 11.9 Å². The second-order valence-corrected chi connectivity index (χ2v) is 11.0. The maximum absolute atomic E-state index is 12.2. The van der Waals surface area contributed by atoms with Crippen molar-refractivity contribution in [1.82, 2.24) is 0 Å². The van der Waals surface area contributed by atoms with Crippen LogP contribution in [0.15, 0.2) is 35.5 Å². The Morgan fingerprint density at radius 3 is 2.70 bits per heavy atom. The lowest BCUT2D eigenvalue weighted by Crippen LogP contribution is -2.36. The van der Waals surface area contributed by atoms with E-state index >= 15 is 0 Å². The molecule has 3 aliphatic carbocycles. The molecular weight excluding hydrogens is 372 g/mol. The first-order valence-electron chi connectivity index (χ1n) is 12.0. The van der Waals surface area contributed by atoms with Gasteiger partial charge in [-0.05, 0) is 100 Å². The van der Waals surface area contributed by atoms with Crippen LogP contribution in [-0.4, -0.2) is 27.7 Å². The first-order chi connectivity index (χ1) is 14.0. The highest BCUT2D eigenvalue weighted by Gasteiger charge is 2.50. The molecule has 3 nitrogen and oxygen atoms in total. The highest BCUT2D eigenvalue weighted by atomic mass is 16.3. The molecule has 3 saturated carbocycles. The van der Waals surface area contributed by atoms with Crippen molar-refractivity contribution in [2.45, 2.75) is 104 Å². The zero-order chi connectivity index (χ0) is 22.1. The summed E-state index contributed by atoms with van der Waals surface area (Å²) in [4.78, 5) is 12.2. The van der Waals surface area contributed by atoms with Crippen LogP contribution in [0.25, 0.3) is 0 Å². The minimum Gasteiger partial charge on any atom is -0.393 e. The summed E-state index contributed by atoms with van der Waals surface area (Å²) in [5.74, 6) is 1.72. The molecule has 3 aliphatic rings. The van der Waals surface area contributed by atoms with Gasteiger partial charge in [-0.2, -0.15) is 0 Å². The van der Waals surface area contributed by atoms with Crippen LogP contribution in [0.2, 0.25) is 0 Å². The van der Waals surface area contributed by atoms with Crippen LogP contribution in [-0.2, 0) is 4.79 Å². The number of ketones is 1. The van der Waals surface area contributed by atoms with Crippen molar-refractivity contribution in [2.24, 2.45) is 23.2 Å². The Morgan fingerprint density at radius 2 is 2.00 bits per heavy atom. The van der Waals surface area contributed by atoms with E-state index in [0.29, 0.717) is 29.6 Å². The van der Waals surface area contributed by atoms with E-state index in [1.54, 1.807) is 19.4 Å². The molecule has 3 heteroatoms. The standard InChI is InChI=1S/C27H42O3/c1-18-8-12-22(28)17-21(18)11-10-20-7-6-16-27(5)23(13-14-24(20)27)19(2)9-15-25(29)26(3,4)30/h10-11,19,22-24,28,30H,1,6-9,12-17H2,2-5H3/t19-,22+,23-,24?,27-/m1/s1. The third kappa shape index (κ3) is 4.99. The molecule has 5 atom stereocenters. The predicted molar refractivity (Wildman–Crippen MR) is 123 cm³/mol. The fourth-order valence-electron chi connectivity index (χ4n) is 6.48. The molecule has 0 aromatic heterocycles. The molecular formula is C27H42O3. The highest BCUT2D eigenvalue weighted by molar-refractivity contribution is 5.86. The number of aliphatic hydroxyl groups is 2. The predicted octanol–water partition coefficient (Wildman–Crippen LogP) is 5.91. The number of hydrogen-bond donors (Lipinski definition) is 2. The van der Waals surface area contributed by atoms with E-state index in [1.165, 1.54) is 43.3 Å². The van der Waals surface area contributed by atoms with Gasteiger partial charge in [0.1, 0.15) is 5.60 Å². The SMILES string of the molecule is C=C1CC[C@H](O)CC1=CC=C1CCC[C@@]2(C)C1CC[C@@H]2[C@H](C)CCC(=O)C(C)(C)O. The Morgan fingerprint density at radius 1 is 1.27 bits per heavy atom. The molecule has 168 valence electrons. The number of Topliss-reactive ketones (excluding diaryl/α,β-unsaturated/α-hetero) is 1. The molecule has 0 aromatic rings. The number of carbonyl (C=O) groups is 1. The third-order valence-electron chi connectivity index (χ3n) is 8.42. The molecule has 0 bridgehead atoms. The van der Waals surface area contributed by atoms with E-state index in [1.807, 2.05) is 0 Å². The van der Waals surface area contributed by atoms with Gasteiger partial charge in [-0.25, -0.2) is 0 Å².